The van der Waals surface area contributed by atoms with Gasteiger partial charge in [0.2, 0.25) is 5.91 Å². The van der Waals surface area contributed by atoms with Gasteiger partial charge in [-0.15, -0.1) is 0 Å². The Morgan fingerprint density at radius 1 is 1.30 bits per heavy atom. The first-order valence-electron chi connectivity index (χ1n) is 7.44. The molecule has 0 fully saturated rings. The molecular weight excluding hydrogens is 248 g/mol. The highest BCUT2D eigenvalue weighted by Gasteiger charge is 2.07. The molecule has 108 valence electrons. The summed E-state index contributed by atoms with van der Waals surface area (Å²) in [6.07, 6.45) is 5.89. The molecular formula is C17H24N2O. The summed E-state index contributed by atoms with van der Waals surface area (Å²) in [6.45, 7) is 4.25. The van der Waals surface area contributed by atoms with Gasteiger partial charge in [0.1, 0.15) is 0 Å². The summed E-state index contributed by atoms with van der Waals surface area (Å²) < 4.78 is 0. The van der Waals surface area contributed by atoms with Crippen LogP contribution in [0.25, 0.3) is 0 Å². The Morgan fingerprint density at radius 2 is 2.00 bits per heavy atom. The van der Waals surface area contributed by atoms with Crippen LogP contribution < -0.4 is 5.32 Å². The minimum Gasteiger partial charge on any atom is -0.354 e. The molecule has 1 amide bonds. The molecule has 1 rings (SSSR count). The van der Waals surface area contributed by atoms with Crippen molar-refractivity contribution in [3.05, 3.63) is 35.4 Å². The lowest BCUT2D eigenvalue weighted by Gasteiger charge is -2.13. The van der Waals surface area contributed by atoms with E-state index in [-0.39, 0.29) is 11.9 Å². The normalized spacial score (nSPS) is 11.7. The van der Waals surface area contributed by atoms with Crippen LogP contribution in [-0.2, 0) is 11.2 Å². The maximum absolute atomic E-state index is 11.8. The fraction of sp³-hybridized carbons (Fsp3) is 0.529. The summed E-state index contributed by atoms with van der Waals surface area (Å²) in [5.74, 6) is 0.110. The van der Waals surface area contributed by atoms with E-state index in [1.165, 1.54) is 19.3 Å². The second-order valence-corrected chi connectivity index (χ2v) is 5.27. The fourth-order valence-electron chi connectivity index (χ4n) is 2.12. The molecule has 0 heterocycles. The molecule has 0 saturated carbocycles. The second-order valence-electron chi connectivity index (χ2n) is 5.27. The van der Waals surface area contributed by atoms with Crippen molar-refractivity contribution in [2.45, 2.75) is 58.4 Å². The third-order valence-electron chi connectivity index (χ3n) is 3.37. The summed E-state index contributed by atoms with van der Waals surface area (Å²) >= 11 is 0. The fourth-order valence-corrected chi connectivity index (χ4v) is 2.12. The van der Waals surface area contributed by atoms with E-state index in [9.17, 15) is 4.79 Å². The molecule has 3 nitrogen and oxygen atoms in total. The van der Waals surface area contributed by atoms with Crippen LogP contribution in [0.15, 0.2) is 24.3 Å². The summed E-state index contributed by atoms with van der Waals surface area (Å²) in [5.41, 5.74) is 1.75. The van der Waals surface area contributed by atoms with E-state index in [1.807, 2.05) is 12.1 Å². The smallest absolute Gasteiger partial charge is 0.220 e. The van der Waals surface area contributed by atoms with Gasteiger partial charge in [-0.25, -0.2) is 0 Å². The first-order valence-corrected chi connectivity index (χ1v) is 7.44. The van der Waals surface area contributed by atoms with Crippen LogP contribution >= 0.6 is 0 Å². The molecule has 1 aromatic carbocycles. The third-order valence-corrected chi connectivity index (χ3v) is 3.37. The van der Waals surface area contributed by atoms with Crippen molar-refractivity contribution in [2.24, 2.45) is 0 Å². The van der Waals surface area contributed by atoms with Gasteiger partial charge in [-0.2, -0.15) is 5.26 Å². The highest BCUT2D eigenvalue weighted by atomic mass is 16.1. The Morgan fingerprint density at radius 3 is 2.60 bits per heavy atom. The number of rotatable bonds is 8. The topological polar surface area (TPSA) is 52.9 Å². The number of carbonyl (C=O) groups excluding carboxylic acids is 1. The Hall–Kier alpha value is -1.82. The van der Waals surface area contributed by atoms with E-state index in [4.69, 9.17) is 5.26 Å². The van der Waals surface area contributed by atoms with E-state index in [0.717, 1.165) is 18.4 Å². The maximum atomic E-state index is 11.8. The summed E-state index contributed by atoms with van der Waals surface area (Å²) in [7, 11) is 0. The minimum atomic E-state index is 0.110. The lowest BCUT2D eigenvalue weighted by molar-refractivity contribution is -0.121. The van der Waals surface area contributed by atoms with Crippen molar-refractivity contribution in [3.63, 3.8) is 0 Å². The number of aryl methyl sites for hydroxylation is 1. The van der Waals surface area contributed by atoms with Crippen molar-refractivity contribution < 1.29 is 4.79 Å². The minimum absolute atomic E-state index is 0.110. The molecule has 0 saturated heterocycles. The number of hydrogen-bond acceptors (Lipinski definition) is 2. The molecule has 1 unspecified atom stereocenters. The number of amides is 1. The highest BCUT2D eigenvalue weighted by molar-refractivity contribution is 5.76. The molecule has 3 heteroatoms. The first-order chi connectivity index (χ1) is 9.65. The first kappa shape index (κ1) is 16.2. The molecule has 0 radical (unpaired) electrons. The largest absolute Gasteiger partial charge is 0.354 e. The van der Waals surface area contributed by atoms with Crippen LogP contribution in [0.5, 0.6) is 0 Å². The van der Waals surface area contributed by atoms with Crippen molar-refractivity contribution in [1.82, 2.24) is 5.32 Å². The monoisotopic (exact) mass is 272 g/mol. The maximum Gasteiger partial charge on any atom is 0.220 e. The van der Waals surface area contributed by atoms with E-state index in [2.05, 4.69) is 25.2 Å². The van der Waals surface area contributed by atoms with Gasteiger partial charge < -0.3 is 5.32 Å². The molecule has 0 aliphatic rings. The molecule has 1 N–H and O–H groups in total. The number of nitrogens with one attached hydrogen (secondary N) is 1. The zero-order valence-corrected chi connectivity index (χ0v) is 12.5. The summed E-state index contributed by atoms with van der Waals surface area (Å²) in [4.78, 5) is 11.8. The van der Waals surface area contributed by atoms with Crippen molar-refractivity contribution in [1.29, 1.82) is 5.26 Å². The van der Waals surface area contributed by atoms with E-state index in [1.54, 1.807) is 12.1 Å². The van der Waals surface area contributed by atoms with Crippen LogP contribution in [0.2, 0.25) is 0 Å². The number of nitriles is 1. The van der Waals surface area contributed by atoms with Crippen molar-refractivity contribution in [3.8, 4) is 6.07 Å². The highest BCUT2D eigenvalue weighted by Crippen LogP contribution is 2.07. The zero-order valence-electron chi connectivity index (χ0n) is 12.5. The van der Waals surface area contributed by atoms with Crippen LogP contribution in [0.3, 0.4) is 0 Å². The molecule has 20 heavy (non-hydrogen) atoms. The quantitative estimate of drug-likeness (QED) is 0.735. The number of nitrogens with zero attached hydrogens (tertiary/aromatic N) is 1. The van der Waals surface area contributed by atoms with Crippen molar-refractivity contribution >= 4 is 5.91 Å². The number of carbonyl (C=O) groups is 1. The number of unbranched alkanes of at least 4 members (excludes halogenated alkanes) is 2. The van der Waals surface area contributed by atoms with Gasteiger partial charge in [0.15, 0.2) is 0 Å². The van der Waals surface area contributed by atoms with Crippen LogP contribution in [0.1, 0.15) is 57.1 Å². The Bertz CT molecular complexity index is 445. The summed E-state index contributed by atoms with van der Waals surface area (Å²) in [6, 6.07) is 9.76. The lowest BCUT2D eigenvalue weighted by Crippen LogP contribution is -2.32. The molecule has 0 aromatic heterocycles. The SMILES string of the molecule is CCCCCC(C)NC(=O)CCc1ccc(C#N)cc1. The van der Waals surface area contributed by atoms with E-state index >= 15 is 0 Å². The average Bonchev–Trinajstić information content (AvgIpc) is 2.46. The molecule has 0 spiro atoms. The van der Waals surface area contributed by atoms with Crippen LogP contribution in [0.4, 0.5) is 0 Å². The van der Waals surface area contributed by atoms with Gasteiger partial charge in [-0.05, 0) is 37.5 Å². The third kappa shape index (κ3) is 6.38. The molecule has 0 aliphatic carbocycles. The van der Waals surface area contributed by atoms with Gasteiger partial charge in [-0.1, -0.05) is 38.3 Å². The molecule has 0 bridgehead atoms. The van der Waals surface area contributed by atoms with Gasteiger partial charge in [0, 0.05) is 12.5 Å². The molecule has 0 aliphatic heterocycles. The van der Waals surface area contributed by atoms with Gasteiger partial charge in [0.25, 0.3) is 0 Å². The van der Waals surface area contributed by atoms with E-state index in [0.29, 0.717) is 12.0 Å². The van der Waals surface area contributed by atoms with Gasteiger partial charge in [0.05, 0.1) is 11.6 Å². The number of benzene rings is 1. The van der Waals surface area contributed by atoms with Crippen LogP contribution in [0, 0.1) is 11.3 Å². The molecule has 1 atom stereocenters. The van der Waals surface area contributed by atoms with Crippen molar-refractivity contribution in [2.75, 3.05) is 0 Å². The Kier molecular flexibility index (Phi) is 7.42. The Labute approximate surface area is 122 Å². The van der Waals surface area contributed by atoms with Crippen LogP contribution in [-0.4, -0.2) is 11.9 Å². The zero-order chi connectivity index (χ0) is 14.8. The van der Waals surface area contributed by atoms with Gasteiger partial charge in [-0.3, -0.25) is 4.79 Å². The predicted octanol–water partition coefficient (Wildman–Crippen LogP) is 3.58. The predicted molar refractivity (Wildman–Crippen MR) is 81.2 cm³/mol. The lowest BCUT2D eigenvalue weighted by atomic mass is 10.1. The Balaban J connectivity index is 2.26. The molecule has 1 aromatic rings. The average molecular weight is 272 g/mol. The standard InChI is InChI=1S/C17H24N2O/c1-3-4-5-6-14(2)19-17(20)12-11-15-7-9-16(13-18)10-8-15/h7-10,14H,3-6,11-12H2,1-2H3,(H,19,20). The van der Waals surface area contributed by atoms with Gasteiger partial charge >= 0.3 is 0 Å². The number of hydrogen-bond donors (Lipinski definition) is 1. The summed E-state index contributed by atoms with van der Waals surface area (Å²) in [5, 5.41) is 11.8. The van der Waals surface area contributed by atoms with E-state index < -0.39 is 0 Å². The second kappa shape index (κ2) is 9.14.